The molecule has 0 atom stereocenters. The second kappa shape index (κ2) is 5.12. The van der Waals surface area contributed by atoms with Gasteiger partial charge in [0.15, 0.2) is 0 Å². The lowest BCUT2D eigenvalue weighted by Crippen LogP contribution is -1.87. The zero-order valence-corrected chi connectivity index (χ0v) is 9.63. The maximum absolute atomic E-state index is 4.33. The number of fused-ring (bicyclic) bond motifs is 1. The number of unbranched alkanes of at least 4 members (excludes halogenated alkanes) is 1. The Hall–Kier alpha value is -1.09. The van der Waals surface area contributed by atoms with Crippen LogP contribution in [0.1, 0.15) is 19.8 Å². The molecule has 0 bridgehead atoms. The largest absolute Gasteiger partial charge is 0.236 e. The van der Waals surface area contributed by atoms with Gasteiger partial charge in [-0.05, 0) is 18.2 Å². The first kappa shape index (κ1) is 10.4. The minimum absolute atomic E-state index is 1.03. The highest BCUT2D eigenvalue weighted by Crippen LogP contribution is 2.24. The van der Waals surface area contributed by atoms with Gasteiger partial charge in [-0.2, -0.15) is 0 Å². The molecule has 1 heterocycles. The fourth-order valence-electron chi connectivity index (χ4n) is 1.41. The van der Waals surface area contributed by atoms with Crippen LogP contribution in [0.5, 0.6) is 0 Å². The number of rotatable bonds is 4. The van der Waals surface area contributed by atoms with Crippen molar-refractivity contribution in [2.24, 2.45) is 0 Å². The van der Waals surface area contributed by atoms with Gasteiger partial charge in [0.05, 0.1) is 5.52 Å². The van der Waals surface area contributed by atoms with Crippen LogP contribution < -0.4 is 0 Å². The highest BCUT2D eigenvalue weighted by Gasteiger charge is 2.02. The topological polar surface area (TPSA) is 25.8 Å². The zero-order valence-electron chi connectivity index (χ0n) is 8.81. The van der Waals surface area contributed by atoms with Crippen molar-refractivity contribution in [3.8, 4) is 0 Å². The molecule has 1 aromatic heterocycles. The van der Waals surface area contributed by atoms with Gasteiger partial charge in [0, 0.05) is 5.39 Å². The summed E-state index contributed by atoms with van der Waals surface area (Å²) in [4.78, 5) is 8.58. The number of benzene rings is 1. The van der Waals surface area contributed by atoms with Gasteiger partial charge in [-0.15, -0.1) is 11.8 Å². The lowest BCUT2D eigenvalue weighted by molar-refractivity contribution is 0.895. The fourth-order valence-corrected chi connectivity index (χ4v) is 2.48. The van der Waals surface area contributed by atoms with E-state index in [1.165, 1.54) is 18.2 Å². The molecular formula is C12H14N2S. The van der Waals surface area contributed by atoms with Crippen LogP contribution in [0, 0.1) is 0 Å². The molecule has 1 aromatic carbocycles. The highest BCUT2D eigenvalue weighted by molar-refractivity contribution is 7.99. The van der Waals surface area contributed by atoms with Gasteiger partial charge in [-0.1, -0.05) is 31.5 Å². The van der Waals surface area contributed by atoms with Gasteiger partial charge in [0.1, 0.15) is 11.4 Å². The summed E-state index contributed by atoms with van der Waals surface area (Å²) in [6.45, 7) is 2.21. The van der Waals surface area contributed by atoms with E-state index >= 15 is 0 Å². The lowest BCUT2D eigenvalue weighted by atomic mass is 10.2. The lowest BCUT2D eigenvalue weighted by Gasteiger charge is -2.03. The molecule has 78 valence electrons. The summed E-state index contributed by atoms with van der Waals surface area (Å²) in [7, 11) is 0. The third-order valence-electron chi connectivity index (χ3n) is 2.24. The molecule has 0 saturated heterocycles. The SMILES string of the molecule is CCCCSc1ncnc2ccccc12. The van der Waals surface area contributed by atoms with Crippen LogP contribution in [0.4, 0.5) is 0 Å². The van der Waals surface area contributed by atoms with Crippen molar-refractivity contribution < 1.29 is 0 Å². The van der Waals surface area contributed by atoms with Crippen LogP contribution >= 0.6 is 11.8 Å². The molecule has 0 saturated carbocycles. The van der Waals surface area contributed by atoms with E-state index in [4.69, 9.17) is 0 Å². The van der Waals surface area contributed by atoms with Crippen LogP contribution in [0.2, 0.25) is 0 Å². The maximum Gasteiger partial charge on any atom is 0.117 e. The summed E-state index contributed by atoms with van der Waals surface area (Å²) in [5.74, 6) is 1.14. The minimum atomic E-state index is 1.03. The number of hydrogen-bond acceptors (Lipinski definition) is 3. The van der Waals surface area contributed by atoms with E-state index in [9.17, 15) is 0 Å². The molecule has 2 rings (SSSR count). The molecule has 0 spiro atoms. The summed E-state index contributed by atoms with van der Waals surface area (Å²) in [5.41, 5.74) is 1.03. The van der Waals surface area contributed by atoms with E-state index in [1.807, 2.05) is 30.0 Å². The van der Waals surface area contributed by atoms with Crippen molar-refractivity contribution in [1.82, 2.24) is 9.97 Å². The number of nitrogens with zero attached hydrogens (tertiary/aromatic N) is 2. The van der Waals surface area contributed by atoms with Crippen LogP contribution in [-0.4, -0.2) is 15.7 Å². The van der Waals surface area contributed by atoms with Crippen molar-refractivity contribution in [3.63, 3.8) is 0 Å². The van der Waals surface area contributed by atoms with Crippen molar-refractivity contribution in [2.75, 3.05) is 5.75 Å². The number of para-hydroxylation sites is 1. The highest BCUT2D eigenvalue weighted by atomic mass is 32.2. The first-order chi connectivity index (χ1) is 7.42. The van der Waals surface area contributed by atoms with Crippen molar-refractivity contribution in [1.29, 1.82) is 0 Å². The molecule has 0 fully saturated rings. The second-order valence-corrected chi connectivity index (χ2v) is 4.48. The predicted octanol–water partition coefficient (Wildman–Crippen LogP) is 3.52. The Morgan fingerprint density at radius 2 is 2.07 bits per heavy atom. The molecule has 15 heavy (non-hydrogen) atoms. The number of aromatic nitrogens is 2. The Bertz CT molecular complexity index is 437. The van der Waals surface area contributed by atoms with Crippen LogP contribution in [0.15, 0.2) is 35.6 Å². The van der Waals surface area contributed by atoms with E-state index in [2.05, 4.69) is 23.0 Å². The number of thioether (sulfide) groups is 1. The van der Waals surface area contributed by atoms with Gasteiger partial charge >= 0.3 is 0 Å². The fraction of sp³-hybridized carbons (Fsp3) is 0.333. The van der Waals surface area contributed by atoms with Crippen LogP contribution in [0.3, 0.4) is 0 Å². The summed E-state index contributed by atoms with van der Waals surface area (Å²) in [6.07, 6.45) is 4.12. The van der Waals surface area contributed by atoms with Crippen molar-refractivity contribution in [3.05, 3.63) is 30.6 Å². The third-order valence-corrected chi connectivity index (χ3v) is 3.33. The maximum atomic E-state index is 4.33. The van der Waals surface area contributed by atoms with E-state index in [1.54, 1.807) is 6.33 Å². The first-order valence-corrected chi connectivity index (χ1v) is 6.23. The molecule has 0 N–H and O–H groups in total. The molecule has 0 radical (unpaired) electrons. The third kappa shape index (κ3) is 2.48. The van der Waals surface area contributed by atoms with Crippen molar-refractivity contribution in [2.45, 2.75) is 24.8 Å². The average molecular weight is 218 g/mol. The Balaban J connectivity index is 2.26. The predicted molar refractivity (Wildman–Crippen MR) is 65.2 cm³/mol. The average Bonchev–Trinajstić information content (AvgIpc) is 2.30. The van der Waals surface area contributed by atoms with Gasteiger partial charge in [0.2, 0.25) is 0 Å². The van der Waals surface area contributed by atoms with E-state index < -0.39 is 0 Å². The first-order valence-electron chi connectivity index (χ1n) is 5.24. The normalized spacial score (nSPS) is 10.7. The Labute approximate surface area is 94.1 Å². The molecule has 3 heteroatoms. The molecule has 2 aromatic rings. The molecule has 0 aliphatic rings. The van der Waals surface area contributed by atoms with Gasteiger partial charge in [-0.25, -0.2) is 9.97 Å². The summed E-state index contributed by atoms with van der Waals surface area (Å²) in [5, 5.41) is 2.27. The zero-order chi connectivity index (χ0) is 10.5. The summed E-state index contributed by atoms with van der Waals surface area (Å²) in [6, 6.07) is 8.16. The summed E-state index contributed by atoms with van der Waals surface area (Å²) < 4.78 is 0. The molecule has 0 unspecified atom stereocenters. The standard InChI is InChI=1S/C12H14N2S/c1-2-3-8-15-12-10-6-4-5-7-11(10)13-9-14-12/h4-7,9H,2-3,8H2,1H3. The van der Waals surface area contributed by atoms with Crippen LogP contribution in [-0.2, 0) is 0 Å². The van der Waals surface area contributed by atoms with Gasteiger partial charge < -0.3 is 0 Å². The quantitative estimate of drug-likeness (QED) is 0.446. The molecule has 0 amide bonds. The monoisotopic (exact) mass is 218 g/mol. The van der Waals surface area contributed by atoms with E-state index in [-0.39, 0.29) is 0 Å². The second-order valence-electron chi connectivity index (χ2n) is 3.40. The van der Waals surface area contributed by atoms with Gasteiger partial charge in [0.25, 0.3) is 0 Å². The Morgan fingerprint density at radius 1 is 1.20 bits per heavy atom. The molecular weight excluding hydrogens is 204 g/mol. The molecule has 0 aliphatic heterocycles. The molecule has 0 aliphatic carbocycles. The van der Waals surface area contributed by atoms with E-state index in [0.29, 0.717) is 0 Å². The van der Waals surface area contributed by atoms with E-state index in [0.717, 1.165) is 16.3 Å². The summed E-state index contributed by atoms with van der Waals surface area (Å²) >= 11 is 1.82. The number of hydrogen-bond donors (Lipinski definition) is 0. The minimum Gasteiger partial charge on any atom is -0.236 e. The van der Waals surface area contributed by atoms with Crippen LogP contribution in [0.25, 0.3) is 10.9 Å². The van der Waals surface area contributed by atoms with Gasteiger partial charge in [-0.3, -0.25) is 0 Å². The smallest absolute Gasteiger partial charge is 0.117 e. The Kier molecular flexibility index (Phi) is 3.56. The Morgan fingerprint density at radius 3 is 2.93 bits per heavy atom. The van der Waals surface area contributed by atoms with Crippen molar-refractivity contribution >= 4 is 22.7 Å². The molecule has 2 nitrogen and oxygen atoms in total.